The molecule has 2 aliphatic rings. The van der Waals surface area contributed by atoms with Gasteiger partial charge in [0.25, 0.3) is 0 Å². The molecule has 0 radical (unpaired) electrons. The lowest BCUT2D eigenvalue weighted by Gasteiger charge is -2.21. The monoisotopic (exact) mass is 274 g/mol. The lowest BCUT2D eigenvalue weighted by molar-refractivity contribution is 0.102. The van der Waals surface area contributed by atoms with Crippen LogP contribution in [0.2, 0.25) is 0 Å². The summed E-state index contributed by atoms with van der Waals surface area (Å²) >= 11 is 0. The fourth-order valence-corrected chi connectivity index (χ4v) is 3.15. The maximum Gasteiger partial charge on any atom is 0.226 e. The van der Waals surface area contributed by atoms with Crippen molar-refractivity contribution in [2.75, 3.05) is 17.2 Å². The van der Waals surface area contributed by atoms with Gasteiger partial charge in [-0.3, -0.25) is 5.10 Å². The Bertz CT molecular complexity index is 626. The number of nitrogens with zero attached hydrogens (tertiary/aromatic N) is 3. The molecule has 2 aromatic heterocycles. The van der Waals surface area contributed by atoms with Gasteiger partial charge in [-0.25, -0.2) is 0 Å². The van der Waals surface area contributed by atoms with Crippen LogP contribution in [0.4, 0.5) is 11.8 Å². The Morgan fingerprint density at radius 1 is 1.40 bits per heavy atom. The molecule has 3 unspecified atom stereocenters. The molecule has 106 valence electrons. The number of aromatic nitrogens is 4. The topological polar surface area (TPSA) is 87.8 Å². The van der Waals surface area contributed by atoms with Crippen LogP contribution in [0.5, 0.6) is 0 Å². The van der Waals surface area contributed by atoms with Crippen LogP contribution in [-0.4, -0.2) is 45.0 Å². The molecule has 2 saturated heterocycles. The molecule has 7 heteroatoms. The molecule has 0 spiro atoms. The van der Waals surface area contributed by atoms with E-state index in [0.717, 1.165) is 36.2 Å². The number of fused-ring (bicyclic) bond motifs is 3. The van der Waals surface area contributed by atoms with Crippen molar-refractivity contribution in [2.24, 2.45) is 0 Å². The first-order valence-corrected chi connectivity index (χ1v) is 7.20. The standard InChI is InChI=1S/C13H18N6O/c1-2-14-13-17-11(8-6-15-19-12(8)18-13)16-9-5-7-3-4-10(9)20-7/h6-7,9-10H,2-5H2,1H3,(H3,14,15,16,17,18,19). The molecule has 0 aliphatic carbocycles. The number of anilines is 2. The fourth-order valence-electron chi connectivity index (χ4n) is 3.15. The van der Waals surface area contributed by atoms with E-state index in [2.05, 4.69) is 30.8 Å². The van der Waals surface area contributed by atoms with Crippen molar-refractivity contribution in [3.8, 4) is 0 Å². The van der Waals surface area contributed by atoms with Gasteiger partial charge in [-0.15, -0.1) is 0 Å². The number of nitrogens with one attached hydrogen (secondary N) is 3. The van der Waals surface area contributed by atoms with Gasteiger partial charge in [0.15, 0.2) is 5.65 Å². The molecule has 7 nitrogen and oxygen atoms in total. The zero-order valence-corrected chi connectivity index (χ0v) is 11.4. The van der Waals surface area contributed by atoms with Crippen LogP contribution < -0.4 is 10.6 Å². The molecule has 0 saturated carbocycles. The molecule has 2 bridgehead atoms. The van der Waals surface area contributed by atoms with Gasteiger partial charge in [0.05, 0.1) is 29.8 Å². The number of hydrogen-bond acceptors (Lipinski definition) is 6. The van der Waals surface area contributed by atoms with Crippen molar-refractivity contribution >= 4 is 22.8 Å². The minimum atomic E-state index is 0.319. The van der Waals surface area contributed by atoms with Gasteiger partial charge < -0.3 is 15.4 Å². The molecule has 3 atom stereocenters. The lowest BCUT2D eigenvalue weighted by Crippen LogP contribution is -2.31. The summed E-state index contributed by atoms with van der Waals surface area (Å²) in [4.78, 5) is 8.96. The maximum atomic E-state index is 5.88. The normalized spacial score (nSPS) is 28.1. The first-order chi connectivity index (χ1) is 9.83. The van der Waals surface area contributed by atoms with Crippen molar-refractivity contribution < 1.29 is 4.74 Å². The number of hydrogen-bond donors (Lipinski definition) is 3. The van der Waals surface area contributed by atoms with Crippen LogP contribution in [0.1, 0.15) is 26.2 Å². The van der Waals surface area contributed by atoms with Crippen molar-refractivity contribution in [3.63, 3.8) is 0 Å². The zero-order valence-electron chi connectivity index (χ0n) is 11.4. The third-order valence-electron chi connectivity index (χ3n) is 4.07. The zero-order chi connectivity index (χ0) is 13.5. The quantitative estimate of drug-likeness (QED) is 0.783. The van der Waals surface area contributed by atoms with E-state index in [1.54, 1.807) is 6.20 Å². The average Bonchev–Trinajstić information content (AvgIpc) is 3.14. The Kier molecular flexibility index (Phi) is 2.73. The van der Waals surface area contributed by atoms with Crippen LogP contribution >= 0.6 is 0 Å². The van der Waals surface area contributed by atoms with Crippen LogP contribution in [0, 0.1) is 0 Å². The molecule has 2 aliphatic heterocycles. The van der Waals surface area contributed by atoms with Crippen molar-refractivity contribution in [1.29, 1.82) is 0 Å². The summed E-state index contributed by atoms with van der Waals surface area (Å²) in [7, 11) is 0. The predicted octanol–water partition coefficient (Wildman–Crippen LogP) is 1.52. The highest BCUT2D eigenvalue weighted by Gasteiger charge is 2.41. The summed E-state index contributed by atoms with van der Waals surface area (Å²) in [6, 6.07) is 0.344. The van der Waals surface area contributed by atoms with Crippen molar-refractivity contribution in [1.82, 2.24) is 20.2 Å². The lowest BCUT2D eigenvalue weighted by atomic mass is 9.95. The Balaban J connectivity index is 1.65. The first-order valence-electron chi connectivity index (χ1n) is 7.20. The second kappa shape index (κ2) is 4.59. The summed E-state index contributed by atoms with van der Waals surface area (Å²) in [6.07, 6.45) is 5.90. The Morgan fingerprint density at radius 2 is 2.35 bits per heavy atom. The summed E-state index contributed by atoms with van der Waals surface area (Å²) in [6.45, 7) is 2.81. The van der Waals surface area contributed by atoms with E-state index < -0.39 is 0 Å². The van der Waals surface area contributed by atoms with E-state index in [0.29, 0.717) is 24.2 Å². The smallest absolute Gasteiger partial charge is 0.226 e. The van der Waals surface area contributed by atoms with Crippen molar-refractivity contribution in [3.05, 3.63) is 6.20 Å². The second-order valence-corrected chi connectivity index (χ2v) is 5.42. The fraction of sp³-hybridized carbons (Fsp3) is 0.615. The maximum absolute atomic E-state index is 5.88. The Hall–Kier alpha value is -1.89. The molecular weight excluding hydrogens is 256 g/mol. The molecule has 4 heterocycles. The largest absolute Gasteiger partial charge is 0.373 e. The number of aromatic amines is 1. The van der Waals surface area contributed by atoms with Gasteiger partial charge in [-0.1, -0.05) is 0 Å². The van der Waals surface area contributed by atoms with E-state index >= 15 is 0 Å². The van der Waals surface area contributed by atoms with Gasteiger partial charge in [0.1, 0.15) is 5.82 Å². The highest BCUT2D eigenvalue weighted by molar-refractivity contribution is 5.87. The average molecular weight is 274 g/mol. The number of ether oxygens (including phenoxy) is 1. The van der Waals surface area contributed by atoms with E-state index in [4.69, 9.17) is 4.74 Å². The van der Waals surface area contributed by atoms with Crippen LogP contribution in [-0.2, 0) is 4.74 Å². The van der Waals surface area contributed by atoms with Crippen LogP contribution in [0.3, 0.4) is 0 Å². The third-order valence-corrected chi connectivity index (χ3v) is 4.07. The van der Waals surface area contributed by atoms with Gasteiger partial charge in [-0.2, -0.15) is 15.1 Å². The molecular formula is C13H18N6O. The van der Waals surface area contributed by atoms with Gasteiger partial charge in [0, 0.05) is 6.54 Å². The third kappa shape index (κ3) is 1.89. The summed E-state index contributed by atoms with van der Waals surface area (Å²) in [5.74, 6) is 1.46. The van der Waals surface area contributed by atoms with Gasteiger partial charge in [-0.05, 0) is 26.2 Å². The van der Waals surface area contributed by atoms with E-state index in [1.165, 1.54) is 6.42 Å². The molecule has 0 amide bonds. The molecule has 4 rings (SSSR count). The highest BCUT2D eigenvalue weighted by Crippen LogP contribution is 2.36. The molecule has 0 aromatic carbocycles. The van der Waals surface area contributed by atoms with E-state index in [1.807, 2.05) is 6.92 Å². The number of H-pyrrole nitrogens is 1. The highest BCUT2D eigenvalue weighted by atomic mass is 16.5. The predicted molar refractivity (Wildman–Crippen MR) is 75.8 cm³/mol. The minimum absolute atomic E-state index is 0.319. The van der Waals surface area contributed by atoms with Gasteiger partial charge in [0.2, 0.25) is 5.95 Å². The molecule has 2 aromatic rings. The summed E-state index contributed by atoms with van der Waals surface area (Å²) in [5, 5.41) is 14.6. The van der Waals surface area contributed by atoms with Gasteiger partial charge >= 0.3 is 0 Å². The Morgan fingerprint density at radius 3 is 3.10 bits per heavy atom. The van der Waals surface area contributed by atoms with Crippen LogP contribution in [0.25, 0.3) is 11.0 Å². The Labute approximate surface area is 116 Å². The van der Waals surface area contributed by atoms with E-state index in [9.17, 15) is 0 Å². The van der Waals surface area contributed by atoms with Crippen LogP contribution in [0.15, 0.2) is 6.20 Å². The summed E-state index contributed by atoms with van der Waals surface area (Å²) in [5.41, 5.74) is 0.752. The van der Waals surface area contributed by atoms with E-state index in [-0.39, 0.29) is 0 Å². The number of rotatable bonds is 4. The molecule has 3 N–H and O–H groups in total. The summed E-state index contributed by atoms with van der Waals surface area (Å²) < 4.78 is 5.88. The molecule has 20 heavy (non-hydrogen) atoms. The minimum Gasteiger partial charge on any atom is -0.373 e. The molecule has 2 fully saturated rings. The van der Waals surface area contributed by atoms with Crippen molar-refractivity contribution in [2.45, 2.75) is 44.4 Å². The first kappa shape index (κ1) is 11.9. The SMILES string of the molecule is CCNc1nc(NC2CC3CCC2O3)c2cn[nH]c2n1. The second-order valence-electron chi connectivity index (χ2n) is 5.42.